The molecule has 0 spiro atoms. The number of nitrogens with zero attached hydrogens (tertiary/aromatic N) is 3. The maximum atomic E-state index is 12.9. The first-order valence-corrected chi connectivity index (χ1v) is 10.6. The van der Waals surface area contributed by atoms with Crippen molar-refractivity contribution in [1.82, 2.24) is 13.8 Å². The van der Waals surface area contributed by atoms with E-state index in [1.807, 2.05) is 0 Å². The summed E-state index contributed by atoms with van der Waals surface area (Å²) >= 11 is 3.16. The molecule has 1 aromatic carbocycles. The Kier molecular flexibility index (Phi) is 4.68. The van der Waals surface area contributed by atoms with Gasteiger partial charge in [-0.3, -0.25) is 9.36 Å². The van der Waals surface area contributed by atoms with Gasteiger partial charge in [-0.15, -0.1) is 0 Å². The molecule has 3 heterocycles. The second kappa shape index (κ2) is 6.90. The number of hydrogen-bond acceptors (Lipinski definition) is 6. The third kappa shape index (κ3) is 3.19. The summed E-state index contributed by atoms with van der Waals surface area (Å²) in [6.07, 6.45) is 0. The van der Waals surface area contributed by atoms with Crippen LogP contribution in [0.2, 0.25) is 0 Å². The number of aryl methyl sites for hydroxylation is 1. The van der Waals surface area contributed by atoms with Crippen LogP contribution in [0.15, 0.2) is 53.5 Å². The van der Waals surface area contributed by atoms with E-state index < -0.39 is 15.8 Å². The van der Waals surface area contributed by atoms with E-state index in [1.165, 1.54) is 21.0 Å². The molecule has 1 saturated heterocycles. The van der Waals surface area contributed by atoms with E-state index in [9.17, 15) is 18.0 Å². The van der Waals surface area contributed by atoms with Crippen molar-refractivity contribution in [3.63, 3.8) is 0 Å². The predicted molar refractivity (Wildman–Crippen MR) is 103 cm³/mol. The molecule has 4 rings (SSSR count). The van der Waals surface area contributed by atoms with Gasteiger partial charge in [-0.05, 0) is 40.2 Å². The van der Waals surface area contributed by atoms with Crippen LogP contribution >= 0.6 is 15.9 Å². The van der Waals surface area contributed by atoms with Gasteiger partial charge in [0, 0.05) is 39.3 Å². The van der Waals surface area contributed by atoms with Crippen LogP contribution in [0, 0.1) is 0 Å². The lowest BCUT2D eigenvalue weighted by Crippen LogP contribution is -2.50. The Hall–Kier alpha value is -2.37. The monoisotopic (exact) mass is 469 g/mol. The van der Waals surface area contributed by atoms with Crippen molar-refractivity contribution in [2.24, 2.45) is 7.05 Å². The Bertz CT molecular complexity index is 1220. The fraction of sp³-hybridized carbons (Fsp3) is 0.294. The number of carbonyl (C=O) groups is 1. The van der Waals surface area contributed by atoms with Crippen LogP contribution in [0.4, 0.5) is 0 Å². The quantitative estimate of drug-likeness (QED) is 0.576. The zero-order valence-corrected chi connectivity index (χ0v) is 17.2. The molecule has 0 unspecified atom stereocenters. The largest absolute Gasteiger partial charge is 0.444 e. The highest BCUT2D eigenvalue weighted by molar-refractivity contribution is 9.10. The molecule has 0 radical (unpaired) electrons. The van der Waals surface area contributed by atoms with Gasteiger partial charge >= 0.3 is 5.76 Å². The van der Waals surface area contributed by atoms with Gasteiger partial charge in [0.05, 0.1) is 10.4 Å². The van der Waals surface area contributed by atoms with Gasteiger partial charge in [-0.2, -0.15) is 4.31 Å². The van der Waals surface area contributed by atoms with Crippen LogP contribution in [0.5, 0.6) is 0 Å². The lowest BCUT2D eigenvalue weighted by molar-refractivity contribution is 0.0664. The normalized spacial score (nSPS) is 16.0. The molecule has 9 nitrogen and oxygen atoms in total. The van der Waals surface area contributed by atoms with Gasteiger partial charge in [0.15, 0.2) is 16.0 Å². The van der Waals surface area contributed by atoms with Crippen LogP contribution in [-0.2, 0) is 17.1 Å². The van der Waals surface area contributed by atoms with E-state index in [1.54, 1.807) is 30.1 Å². The zero-order valence-electron chi connectivity index (χ0n) is 14.8. The third-order valence-corrected chi connectivity index (χ3v) is 7.03. The van der Waals surface area contributed by atoms with Crippen molar-refractivity contribution in [2.45, 2.75) is 4.90 Å². The van der Waals surface area contributed by atoms with Crippen molar-refractivity contribution in [3.8, 4) is 0 Å². The van der Waals surface area contributed by atoms with E-state index in [0.717, 1.165) is 0 Å². The molecular formula is C17H16BrN3O6S. The van der Waals surface area contributed by atoms with Gasteiger partial charge < -0.3 is 13.7 Å². The number of amides is 1. The summed E-state index contributed by atoms with van der Waals surface area (Å²) in [6, 6.07) is 7.54. The maximum Gasteiger partial charge on any atom is 0.419 e. The minimum atomic E-state index is -3.77. The van der Waals surface area contributed by atoms with Crippen molar-refractivity contribution in [2.75, 3.05) is 26.2 Å². The number of oxazole rings is 1. The van der Waals surface area contributed by atoms with E-state index in [4.69, 9.17) is 8.83 Å². The smallest absolute Gasteiger partial charge is 0.419 e. The Balaban J connectivity index is 1.52. The summed E-state index contributed by atoms with van der Waals surface area (Å²) in [7, 11) is -2.22. The summed E-state index contributed by atoms with van der Waals surface area (Å²) in [6.45, 7) is 0.817. The van der Waals surface area contributed by atoms with E-state index >= 15 is 0 Å². The number of halogens is 1. The number of rotatable bonds is 3. The molecule has 0 atom stereocenters. The Morgan fingerprint density at radius 1 is 1.07 bits per heavy atom. The SMILES string of the molecule is Cn1c(=O)oc2cc(S(=O)(=O)N3CCN(C(=O)c4ccc(Br)o4)CC3)ccc21. The molecular weight excluding hydrogens is 454 g/mol. The van der Waals surface area contributed by atoms with Crippen LogP contribution < -0.4 is 5.76 Å². The first-order valence-electron chi connectivity index (χ1n) is 8.42. The van der Waals surface area contributed by atoms with E-state index in [-0.39, 0.29) is 48.3 Å². The summed E-state index contributed by atoms with van der Waals surface area (Å²) in [4.78, 5) is 25.6. The van der Waals surface area contributed by atoms with Gasteiger partial charge in [0.25, 0.3) is 5.91 Å². The topological polar surface area (TPSA) is 106 Å². The van der Waals surface area contributed by atoms with Gasteiger partial charge in [-0.1, -0.05) is 0 Å². The highest BCUT2D eigenvalue weighted by Gasteiger charge is 2.31. The molecule has 0 bridgehead atoms. The van der Waals surface area contributed by atoms with Gasteiger partial charge in [0.2, 0.25) is 10.0 Å². The highest BCUT2D eigenvalue weighted by Crippen LogP contribution is 2.23. The number of piperazine rings is 1. The second-order valence-electron chi connectivity index (χ2n) is 6.36. The molecule has 3 aromatic rings. The zero-order chi connectivity index (χ0) is 20.1. The lowest BCUT2D eigenvalue weighted by Gasteiger charge is -2.33. The number of benzene rings is 1. The van der Waals surface area contributed by atoms with Crippen LogP contribution in [0.3, 0.4) is 0 Å². The molecule has 0 N–H and O–H groups in total. The Morgan fingerprint density at radius 3 is 2.43 bits per heavy atom. The number of fused-ring (bicyclic) bond motifs is 1. The van der Waals surface area contributed by atoms with E-state index in [2.05, 4.69) is 15.9 Å². The second-order valence-corrected chi connectivity index (χ2v) is 9.08. The molecule has 1 aliphatic heterocycles. The van der Waals surface area contributed by atoms with Crippen LogP contribution in [0.25, 0.3) is 11.1 Å². The standard InChI is InChI=1S/C17H16BrN3O6S/c1-19-12-3-2-11(10-14(12)27-17(19)23)28(24,25)21-8-6-20(7-9-21)16(22)13-4-5-15(18)26-13/h2-5,10H,6-9H2,1H3. The van der Waals surface area contributed by atoms with Crippen LogP contribution in [0.1, 0.15) is 10.6 Å². The molecule has 2 aromatic heterocycles. The summed E-state index contributed by atoms with van der Waals surface area (Å²) < 4.78 is 39.3. The third-order valence-electron chi connectivity index (χ3n) is 4.71. The molecule has 1 fully saturated rings. The highest BCUT2D eigenvalue weighted by atomic mass is 79.9. The van der Waals surface area contributed by atoms with Crippen molar-refractivity contribution < 1.29 is 22.0 Å². The fourth-order valence-corrected chi connectivity index (χ4v) is 4.89. The minimum absolute atomic E-state index is 0.0455. The summed E-state index contributed by atoms with van der Waals surface area (Å²) in [5.41, 5.74) is 0.731. The van der Waals surface area contributed by atoms with E-state index in [0.29, 0.717) is 10.2 Å². The van der Waals surface area contributed by atoms with Crippen LogP contribution in [-0.4, -0.2) is 54.3 Å². The Morgan fingerprint density at radius 2 is 1.79 bits per heavy atom. The molecule has 0 aliphatic carbocycles. The molecule has 1 aliphatic rings. The number of sulfonamides is 1. The summed E-state index contributed by atoms with van der Waals surface area (Å²) in [5, 5.41) is 0. The lowest BCUT2D eigenvalue weighted by atomic mass is 10.3. The molecule has 28 heavy (non-hydrogen) atoms. The maximum absolute atomic E-state index is 12.9. The molecule has 148 valence electrons. The van der Waals surface area contributed by atoms with Crippen molar-refractivity contribution in [1.29, 1.82) is 0 Å². The Labute approximate surface area is 168 Å². The predicted octanol–water partition coefficient (Wildman–Crippen LogP) is 1.63. The molecule has 0 saturated carbocycles. The minimum Gasteiger partial charge on any atom is -0.444 e. The first-order chi connectivity index (χ1) is 13.3. The summed E-state index contributed by atoms with van der Waals surface area (Å²) in [5.74, 6) is -0.635. The molecule has 11 heteroatoms. The molecule has 1 amide bonds. The average Bonchev–Trinajstić information content (AvgIpc) is 3.24. The number of hydrogen-bond donors (Lipinski definition) is 0. The van der Waals surface area contributed by atoms with Gasteiger partial charge in [0.1, 0.15) is 0 Å². The number of furan rings is 1. The number of aromatic nitrogens is 1. The van der Waals surface area contributed by atoms with Gasteiger partial charge in [-0.25, -0.2) is 13.2 Å². The average molecular weight is 470 g/mol. The first kappa shape index (κ1) is 19.0. The fourth-order valence-electron chi connectivity index (χ4n) is 3.14. The number of carbonyl (C=O) groups excluding carboxylic acids is 1. The van der Waals surface area contributed by atoms with Crippen molar-refractivity contribution >= 4 is 43.0 Å². The van der Waals surface area contributed by atoms with Crippen molar-refractivity contribution in [3.05, 3.63) is 51.3 Å².